The number of hydrogen-bond donors (Lipinski definition) is 2. The molecule has 0 amide bonds. The molecule has 0 heterocycles. The maximum atomic E-state index is 5.91. The summed E-state index contributed by atoms with van der Waals surface area (Å²) in [7, 11) is 0. The van der Waals surface area contributed by atoms with Crippen LogP contribution in [0.4, 0.5) is 0 Å². The Morgan fingerprint density at radius 3 is 2.61 bits per heavy atom. The molecule has 0 aliphatic heterocycles. The van der Waals surface area contributed by atoms with Crippen LogP contribution in [0.3, 0.4) is 0 Å². The van der Waals surface area contributed by atoms with Gasteiger partial charge in [0.1, 0.15) is 0 Å². The average Bonchev–Trinajstić information content (AvgIpc) is 2.46. The smallest absolute Gasteiger partial charge is 0.0320 e. The average molecular weight is 246 g/mol. The first-order valence-corrected chi connectivity index (χ1v) is 7.36. The molecule has 1 saturated carbocycles. The van der Waals surface area contributed by atoms with Crippen molar-refractivity contribution in [2.45, 2.75) is 51.1 Å². The highest BCUT2D eigenvalue weighted by molar-refractivity contribution is 5.19. The normalized spacial score (nSPS) is 25.9. The third kappa shape index (κ3) is 3.33. The zero-order chi connectivity index (χ0) is 12.8. The van der Waals surface area contributed by atoms with Crippen LogP contribution in [0.15, 0.2) is 30.3 Å². The number of benzene rings is 1. The van der Waals surface area contributed by atoms with Crippen LogP contribution in [0.2, 0.25) is 0 Å². The van der Waals surface area contributed by atoms with Crippen molar-refractivity contribution in [2.24, 2.45) is 11.7 Å². The molecule has 2 heteroatoms. The maximum absolute atomic E-state index is 5.91. The minimum Gasteiger partial charge on any atom is -0.330 e. The van der Waals surface area contributed by atoms with Crippen LogP contribution in [-0.4, -0.2) is 12.6 Å². The Morgan fingerprint density at radius 2 is 1.94 bits per heavy atom. The first-order chi connectivity index (χ1) is 8.85. The number of hydrogen-bond acceptors (Lipinski definition) is 2. The lowest BCUT2D eigenvalue weighted by atomic mass is 9.83. The van der Waals surface area contributed by atoms with Gasteiger partial charge in [-0.3, -0.25) is 0 Å². The predicted octanol–water partition coefficient (Wildman–Crippen LogP) is 3.24. The van der Waals surface area contributed by atoms with Crippen molar-refractivity contribution in [2.75, 3.05) is 6.54 Å². The Labute approximate surface area is 111 Å². The van der Waals surface area contributed by atoms with E-state index in [2.05, 4.69) is 42.6 Å². The third-order valence-electron chi connectivity index (χ3n) is 4.24. The number of nitrogens with one attached hydrogen (secondary N) is 1. The van der Waals surface area contributed by atoms with E-state index in [0.29, 0.717) is 18.0 Å². The summed E-state index contributed by atoms with van der Waals surface area (Å²) >= 11 is 0. The Morgan fingerprint density at radius 1 is 1.22 bits per heavy atom. The Kier molecular flexibility index (Phi) is 5.21. The largest absolute Gasteiger partial charge is 0.330 e. The molecule has 3 atom stereocenters. The zero-order valence-electron chi connectivity index (χ0n) is 11.4. The van der Waals surface area contributed by atoms with Gasteiger partial charge in [0.2, 0.25) is 0 Å². The molecule has 0 saturated heterocycles. The first kappa shape index (κ1) is 13.6. The standard InChI is InChI=1S/C16H26N2/c1-2-15(13-8-4-3-5-9-13)18-16-11-7-6-10-14(16)12-17/h3-5,8-9,14-16,18H,2,6-7,10-12,17H2,1H3. The second kappa shape index (κ2) is 6.91. The molecule has 1 fully saturated rings. The highest BCUT2D eigenvalue weighted by atomic mass is 15.0. The molecule has 3 N–H and O–H groups in total. The third-order valence-corrected chi connectivity index (χ3v) is 4.24. The fourth-order valence-electron chi connectivity index (χ4n) is 3.10. The highest BCUT2D eigenvalue weighted by Gasteiger charge is 2.25. The molecule has 1 aromatic carbocycles. The van der Waals surface area contributed by atoms with Crippen molar-refractivity contribution in [1.82, 2.24) is 5.32 Å². The van der Waals surface area contributed by atoms with Crippen LogP contribution in [0, 0.1) is 5.92 Å². The maximum Gasteiger partial charge on any atom is 0.0320 e. The first-order valence-electron chi connectivity index (χ1n) is 7.36. The van der Waals surface area contributed by atoms with Gasteiger partial charge in [-0.05, 0) is 37.3 Å². The van der Waals surface area contributed by atoms with Gasteiger partial charge < -0.3 is 11.1 Å². The molecular formula is C16H26N2. The molecule has 0 aromatic heterocycles. The van der Waals surface area contributed by atoms with Gasteiger partial charge in [-0.2, -0.15) is 0 Å². The Hall–Kier alpha value is -0.860. The molecule has 1 aliphatic carbocycles. The summed E-state index contributed by atoms with van der Waals surface area (Å²) in [6.07, 6.45) is 6.41. The quantitative estimate of drug-likeness (QED) is 0.837. The molecule has 2 nitrogen and oxygen atoms in total. The van der Waals surface area contributed by atoms with Crippen LogP contribution in [0.1, 0.15) is 50.6 Å². The van der Waals surface area contributed by atoms with E-state index in [1.54, 1.807) is 0 Å². The molecule has 0 radical (unpaired) electrons. The molecule has 0 bridgehead atoms. The molecular weight excluding hydrogens is 220 g/mol. The fourth-order valence-corrected chi connectivity index (χ4v) is 3.10. The van der Waals surface area contributed by atoms with E-state index in [1.165, 1.54) is 31.2 Å². The van der Waals surface area contributed by atoms with Gasteiger partial charge in [0.25, 0.3) is 0 Å². The molecule has 100 valence electrons. The van der Waals surface area contributed by atoms with Crippen molar-refractivity contribution < 1.29 is 0 Å². The zero-order valence-corrected chi connectivity index (χ0v) is 11.4. The number of rotatable bonds is 5. The lowest BCUT2D eigenvalue weighted by molar-refractivity contribution is 0.245. The van der Waals surface area contributed by atoms with E-state index in [0.717, 1.165) is 13.0 Å². The minimum absolute atomic E-state index is 0.475. The van der Waals surface area contributed by atoms with E-state index >= 15 is 0 Å². The topological polar surface area (TPSA) is 38.0 Å². The summed E-state index contributed by atoms with van der Waals surface area (Å²) in [6.45, 7) is 3.08. The molecule has 0 spiro atoms. The molecule has 2 rings (SSSR count). The molecule has 18 heavy (non-hydrogen) atoms. The minimum atomic E-state index is 0.475. The summed E-state index contributed by atoms with van der Waals surface area (Å²) < 4.78 is 0. The van der Waals surface area contributed by atoms with Crippen molar-refractivity contribution >= 4 is 0 Å². The van der Waals surface area contributed by atoms with Gasteiger partial charge in [0.15, 0.2) is 0 Å². The summed E-state index contributed by atoms with van der Waals surface area (Å²) in [5.74, 6) is 0.663. The van der Waals surface area contributed by atoms with E-state index in [4.69, 9.17) is 5.73 Å². The summed E-state index contributed by atoms with van der Waals surface area (Å²) in [5.41, 5.74) is 7.31. The number of nitrogens with two attached hydrogens (primary N) is 1. The van der Waals surface area contributed by atoms with Crippen molar-refractivity contribution in [3.8, 4) is 0 Å². The van der Waals surface area contributed by atoms with E-state index in [-0.39, 0.29) is 0 Å². The van der Waals surface area contributed by atoms with Gasteiger partial charge in [-0.15, -0.1) is 0 Å². The predicted molar refractivity (Wildman–Crippen MR) is 77.4 cm³/mol. The molecule has 1 aliphatic rings. The van der Waals surface area contributed by atoms with E-state index < -0.39 is 0 Å². The summed E-state index contributed by atoms with van der Waals surface area (Å²) in [5, 5.41) is 3.84. The van der Waals surface area contributed by atoms with Crippen molar-refractivity contribution in [3.63, 3.8) is 0 Å². The lowest BCUT2D eigenvalue weighted by Crippen LogP contribution is -2.43. The van der Waals surface area contributed by atoms with Gasteiger partial charge >= 0.3 is 0 Å². The van der Waals surface area contributed by atoms with E-state index in [9.17, 15) is 0 Å². The Balaban J connectivity index is 2.01. The van der Waals surface area contributed by atoms with Crippen LogP contribution < -0.4 is 11.1 Å². The fraction of sp³-hybridized carbons (Fsp3) is 0.625. The highest BCUT2D eigenvalue weighted by Crippen LogP contribution is 2.27. The lowest BCUT2D eigenvalue weighted by Gasteiger charge is -2.34. The SMILES string of the molecule is CCC(NC1CCCCC1CN)c1ccccc1. The van der Waals surface area contributed by atoms with Crippen LogP contribution in [0.25, 0.3) is 0 Å². The van der Waals surface area contributed by atoms with Gasteiger partial charge in [-0.25, -0.2) is 0 Å². The monoisotopic (exact) mass is 246 g/mol. The van der Waals surface area contributed by atoms with Crippen molar-refractivity contribution in [3.05, 3.63) is 35.9 Å². The summed E-state index contributed by atoms with van der Waals surface area (Å²) in [6, 6.07) is 11.9. The van der Waals surface area contributed by atoms with Crippen molar-refractivity contribution in [1.29, 1.82) is 0 Å². The van der Waals surface area contributed by atoms with Crippen LogP contribution in [-0.2, 0) is 0 Å². The van der Waals surface area contributed by atoms with Gasteiger partial charge in [0, 0.05) is 12.1 Å². The van der Waals surface area contributed by atoms with Gasteiger partial charge in [-0.1, -0.05) is 50.1 Å². The second-order valence-corrected chi connectivity index (χ2v) is 5.42. The van der Waals surface area contributed by atoms with E-state index in [1.807, 2.05) is 0 Å². The van der Waals surface area contributed by atoms with Crippen LogP contribution >= 0.6 is 0 Å². The van der Waals surface area contributed by atoms with Crippen LogP contribution in [0.5, 0.6) is 0 Å². The second-order valence-electron chi connectivity index (χ2n) is 5.42. The van der Waals surface area contributed by atoms with Gasteiger partial charge in [0.05, 0.1) is 0 Å². The molecule has 1 aromatic rings. The Bertz CT molecular complexity index is 336. The molecule has 3 unspecified atom stereocenters. The summed E-state index contributed by atoms with van der Waals surface area (Å²) in [4.78, 5) is 0.